The molecule has 180 valence electrons. The molecule has 1 aliphatic carbocycles. The third-order valence-corrected chi connectivity index (χ3v) is 6.24. The molecule has 2 aromatic carbocycles. The van der Waals surface area contributed by atoms with Gasteiger partial charge in [0.25, 0.3) is 0 Å². The number of benzene rings is 2. The van der Waals surface area contributed by atoms with Crippen molar-refractivity contribution in [3.8, 4) is 28.3 Å². The Labute approximate surface area is 205 Å². The van der Waals surface area contributed by atoms with Crippen LogP contribution in [0.4, 0.5) is 5.82 Å². The quantitative estimate of drug-likeness (QED) is 0.337. The summed E-state index contributed by atoms with van der Waals surface area (Å²) in [5, 5.41) is 3.48. The zero-order valence-electron chi connectivity index (χ0n) is 20.4. The number of nitrogens with one attached hydrogen (secondary N) is 1. The largest absolute Gasteiger partial charge is 0.494 e. The van der Waals surface area contributed by atoms with Gasteiger partial charge in [0.05, 0.1) is 24.2 Å². The van der Waals surface area contributed by atoms with Crippen LogP contribution in [0.25, 0.3) is 28.2 Å². The fourth-order valence-corrected chi connectivity index (χ4v) is 4.35. The van der Waals surface area contributed by atoms with Gasteiger partial charge in [-0.2, -0.15) is 0 Å². The molecule has 7 nitrogen and oxygen atoms in total. The first-order valence-corrected chi connectivity index (χ1v) is 12.2. The van der Waals surface area contributed by atoms with E-state index in [4.69, 9.17) is 20.4 Å². The molecule has 1 aliphatic rings. The van der Waals surface area contributed by atoms with Gasteiger partial charge in [-0.05, 0) is 61.4 Å². The number of anilines is 1. The molecule has 1 saturated carbocycles. The Kier molecular flexibility index (Phi) is 6.16. The number of fused-ring (bicyclic) bond motifs is 1. The van der Waals surface area contributed by atoms with Crippen molar-refractivity contribution in [1.82, 2.24) is 14.4 Å². The summed E-state index contributed by atoms with van der Waals surface area (Å²) in [4.78, 5) is 21.6. The van der Waals surface area contributed by atoms with Crippen LogP contribution in [0.1, 0.15) is 55.5 Å². The van der Waals surface area contributed by atoms with Crippen LogP contribution < -0.4 is 15.8 Å². The SMILES string of the molecule is CCOc1cccc(-c2cn3c(-c4ccc(C(N)=O)c(C5CC5)c4)cnc3c(NCC(C)C)n2)c1. The van der Waals surface area contributed by atoms with Crippen LogP contribution >= 0.6 is 0 Å². The van der Waals surface area contributed by atoms with Crippen molar-refractivity contribution in [3.05, 3.63) is 66.0 Å². The summed E-state index contributed by atoms with van der Waals surface area (Å²) >= 11 is 0. The molecule has 4 aromatic rings. The van der Waals surface area contributed by atoms with Gasteiger partial charge in [0.1, 0.15) is 5.75 Å². The van der Waals surface area contributed by atoms with Gasteiger partial charge in [-0.25, -0.2) is 9.97 Å². The number of primary amides is 1. The van der Waals surface area contributed by atoms with Crippen LogP contribution in [0.15, 0.2) is 54.9 Å². The summed E-state index contributed by atoms with van der Waals surface area (Å²) in [5.41, 5.74) is 11.8. The third kappa shape index (κ3) is 4.71. The van der Waals surface area contributed by atoms with Crippen LogP contribution in [0.3, 0.4) is 0 Å². The number of hydrogen-bond donors (Lipinski definition) is 2. The molecule has 2 aromatic heterocycles. The number of rotatable bonds is 9. The standard InChI is InChI=1S/C28H31N5O2/c1-4-35-21-7-5-6-19(12-21)24-16-33-25(15-31-28(33)27(32-24)30-14-17(2)3)20-10-11-22(26(29)34)23(13-20)18-8-9-18/h5-7,10-13,15-18H,4,8-9,14H2,1-3H3,(H2,29,34)(H,30,32). The Bertz CT molecular complexity index is 1390. The van der Waals surface area contributed by atoms with Crippen molar-refractivity contribution in [2.45, 2.75) is 39.5 Å². The number of aromatic nitrogens is 3. The second-order valence-electron chi connectivity index (χ2n) is 9.49. The van der Waals surface area contributed by atoms with E-state index in [2.05, 4.69) is 29.6 Å². The number of hydrogen-bond acceptors (Lipinski definition) is 5. The fraction of sp³-hybridized carbons (Fsp3) is 0.321. The van der Waals surface area contributed by atoms with Crippen molar-refractivity contribution < 1.29 is 9.53 Å². The normalized spacial score (nSPS) is 13.4. The van der Waals surface area contributed by atoms with Crippen molar-refractivity contribution in [1.29, 1.82) is 0 Å². The first kappa shape index (κ1) is 22.9. The van der Waals surface area contributed by atoms with E-state index in [1.54, 1.807) is 0 Å². The molecule has 35 heavy (non-hydrogen) atoms. The molecule has 0 atom stereocenters. The average molecular weight is 470 g/mol. The number of carbonyl (C=O) groups is 1. The van der Waals surface area contributed by atoms with E-state index in [9.17, 15) is 4.79 Å². The van der Waals surface area contributed by atoms with E-state index in [-0.39, 0.29) is 5.91 Å². The molecule has 0 unspecified atom stereocenters. The van der Waals surface area contributed by atoms with Crippen molar-refractivity contribution >= 4 is 17.4 Å². The highest BCUT2D eigenvalue weighted by Gasteiger charge is 2.28. The summed E-state index contributed by atoms with van der Waals surface area (Å²) in [6.45, 7) is 7.69. The lowest BCUT2D eigenvalue weighted by Crippen LogP contribution is -2.13. The molecule has 3 N–H and O–H groups in total. The zero-order valence-corrected chi connectivity index (χ0v) is 20.4. The summed E-state index contributed by atoms with van der Waals surface area (Å²) in [7, 11) is 0. The molecule has 7 heteroatoms. The lowest BCUT2D eigenvalue weighted by molar-refractivity contribution is 0.0999. The number of imidazole rings is 1. The summed E-state index contributed by atoms with van der Waals surface area (Å²) in [6.07, 6.45) is 6.06. The van der Waals surface area contributed by atoms with Gasteiger partial charge in [-0.1, -0.05) is 32.0 Å². The highest BCUT2D eigenvalue weighted by molar-refractivity contribution is 5.95. The van der Waals surface area contributed by atoms with Crippen LogP contribution in [-0.4, -0.2) is 33.4 Å². The van der Waals surface area contributed by atoms with Gasteiger partial charge in [0, 0.05) is 29.4 Å². The van der Waals surface area contributed by atoms with E-state index in [1.807, 2.05) is 55.7 Å². The third-order valence-electron chi connectivity index (χ3n) is 6.24. The molecule has 1 fully saturated rings. The predicted octanol–water partition coefficient (Wildman–Crippen LogP) is 5.51. The number of carbonyl (C=O) groups excluding carboxylic acids is 1. The maximum atomic E-state index is 12.0. The van der Waals surface area contributed by atoms with Gasteiger partial charge in [0.2, 0.25) is 5.91 Å². The van der Waals surface area contributed by atoms with Gasteiger partial charge < -0.3 is 15.8 Å². The zero-order chi connectivity index (χ0) is 24.5. The van der Waals surface area contributed by atoms with E-state index in [0.717, 1.165) is 64.7 Å². The molecule has 0 radical (unpaired) electrons. The highest BCUT2D eigenvalue weighted by Crippen LogP contribution is 2.43. The smallest absolute Gasteiger partial charge is 0.248 e. The Balaban J connectivity index is 1.65. The van der Waals surface area contributed by atoms with Gasteiger partial charge in [0.15, 0.2) is 11.5 Å². The maximum Gasteiger partial charge on any atom is 0.248 e. The van der Waals surface area contributed by atoms with E-state index >= 15 is 0 Å². The monoisotopic (exact) mass is 469 g/mol. The Morgan fingerprint density at radius 2 is 2.03 bits per heavy atom. The molecule has 0 saturated heterocycles. The van der Waals surface area contributed by atoms with Gasteiger partial charge >= 0.3 is 0 Å². The molecule has 1 amide bonds. The van der Waals surface area contributed by atoms with Crippen LogP contribution in [0.5, 0.6) is 5.75 Å². The first-order chi connectivity index (χ1) is 16.9. The predicted molar refractivity (Wildman–Crippen MR) is 139 cm³/mol. The average Bonchev–Trinajstić information content (AvgIpc) is 3.61. The maximum absolute atomic E-state index is 12.0. The Hall–Kier alpha value is -3.87. The second-order valence-corrected chi connectivity index (χ2v) is 9.49. The number of amides is 1. The minimum atomic E-state index is -0.377. The number of nitrogens with zero attached hydrogens (tertiary/aromatic N) is 3. The lowest BCUT2D eigenvalue weighted by atomic mass is 9.98. The number of nitrogens with two attached hydrogens (primary N) is 1. The number of ether oxygens (including phenoxy) is 1. The first-order valence-electron chi connectivity index (χ1n) is 12.2. The molecule has 2 heterocycles. The summed E-state index contributed by atoms with van der Waals surface area (Å²) in [6, 6.07) is 13.9. The molecule has 5 rings (SSSR count). The minimum absolute atomic E-state index is 0.377. The van der Waals surface area contributed by atoms with Crippen LogP contribution in [0.2, 0.25) is 0 Å². The molecular formula is C28H31N5O2. The van der Waals surface area contributed by atoms with Crippen LogP contribution in [-0.2, 0) is 0 Å². The van der Waals surface area contributed by atoms with E-state index in [1.165, 1.54) is 0 Å². The highest BCUT2D eigenvalue weighted by atomic mass is 16.5. The molecule has 0 aliphatic heterocycles. The topological polar surface area (TPSA) is 94.5 Å². The molecule has 0 bridgehead atoms. The summed E-state index contributed by atoms with van der Waals surface area (Å²) in [5.74, 6) is 2.03. The van der Waals surface area contributed by atoms with Crippen molar-refractivity contribution in [3.63, 3.8) is 0 Å². The van der Waals surface area contributed by atoms with Crippen molar-refractivity contribution in [2.24, 2.45) is 11.7 Å². The summed E-state index contributed by atoms with van der Waals surface area (Å²) < 4.78 is 7.79. The minimum Gasteiger partial charge on any atom is -0.494 e. The van der Waals surface area contributed by atoms with E-state index < -0.39 is 0 Å². The second kappa shape index (κ2) is 9.41. The van der Waals surface area contributed by atoms with Gasteiger partial charge in [-0.15, -0.1) is 0 Å². The molecular weight excluding hydrogens is 438 g/mol. The Morgan fingerprint density at radius 3 is 2.74 bits per heavy atom. The molecule has 0 spiro atoms. The van der Waals surface area contributed by atoms with Crippen LogP contribution in [0, 0.1) is 5.92 Å². The van der Waals surface area contributed by atoms with Crippen molar-refractivity contribution in [2.75, 3.05) is 18.5 Å². The lowest BCUT2D eigenvalue weighted by Gasteiger charge is -2.14. The van der Waals surface area contributed by atoms with Gasteiger partial charge in [-0.3, -0.25) is 9.20 Å². The fourth-order valence-electron chi connectivity index (χ4n) is 4.35. The Morgan fingerprint density at radius 1 is 1.20 bits per heavy atom. The van der Waals surface area contributed by atoms with E-state index in [0.29, 0.717) is 24.0 Å².